The van der Waals surface area contributed by atoms with Crippen LogP contribution in [0.5, 0.6) is 5.75 Å². The van der Waals surface area contributed by atoms with Crippen LogP contribution in [-0.4, -0.2) is 49.9 Å². The zero-order valence-electron chi connectivity index (χ0n) is 11.0. The Morgan fingerprint density at radius 1 is 1.60 bits per heavy atom. The second-order valence-electron chi connectivity index (χ2n) is 4.37. The molecule has 2 rings (SSSR count). The van der Waals surface area contributed by atoms with Gasteiger partial charge in [0.2, 0.25) is 0 Å². The highest BCUT2D eigenvalue weighted by Crippen LogP contribution is 2.28. The third-order valence-electron chi connectivity index (χ3n) is 2.73. The molecule has 0 fully saturated rings. The van der Waals surface area contributed by atoms with E-state index in [1.807, 2.05) is 0 Å². The Morgan fingerprint density at radius 2 is 2.40 bits per heavy atom. The number of hydrogen-bond donors (Lipinski definition) is 3. The second kappa shape index (κ2) is 6.36. The minimum Gasteiger partial charge on any atom is -0.482 e. The number of amides is 2. The highest BCUT2D eigenvalue weighted by Gasteiger charge is 2.18. The number of aliphatic hydroxyl groups excluding tert-OH is 1. The minimum absolute atomic E-state index is 0.0260. The van der Waals surface area contributed by atoms with Gasteiger partial charge in [-0.05, 0) is 18.2 Å². The van der Waals surface area contributed by atoms with E-state index in [4.69, 9.17) is 9.47 Å². The molecular weight excluding hydrogens is 264 g/mol. The number of carbonyl (C=O) groups is 2. The van der Waals surface area contributed by atoms with Gasteiger partial charge in [-0.25, -0.2) is 0 Å². The first-order valence-corrected chi connectivity index (χ1v) is 6.12. The van der Waals surface area contributed by atoms with Crippen molar-refractivity contribution in [1.29, 1.82) is 0 Å². The summed E-state index contributed by atoms with van der Waals surface area (Å²) >= 11 is 0. The molecule has 108 valence electrons. The lowest BCUT2D eigenvalue weighted by Crippen LogP contribution is -2.34. The molecule has 1 aromatic carbocycles. The predicted molar refractivity (Wildman–Crippen MR) is 70.8 cm³/mol. The van der Waals surface area contributed by atoms with Crippen LogP contribution in [0.1, 0.15) is 10.4 Å². The van der Waals surface area contributed by atoms with Crippen LogP contribution in [0.15, 0.2) is 18.2 Å². The van der Waals surface area contributed by atoms with Crippen LogP contribution in [-0.2, 0) is 9.53 Å². The quantitative estimate of drug-likeness (QED) is 0.691. The van der Waals surface area contributed by atoms with Crippen LogP contribution in [0, 0.1) is 0 Å². The molecule has 1 aliphatic rings. The number of carbonyl (C=O) groups excluding carboxylic acids is 2. The predicted octanol–water partition coefficient (Wildman–Crippen LogP) is -0.245. The topological polar surface area (TPSA) is 96.9 Å². The molecular formula is C13H16N2O5. The molecule has 7 heteroatoms. The van der Waals surface area contributed by atoms with Crippen molar-refractivity contribution in [2.45, 2.75) is 6.10 Å². The Hall–Kier alpha value is -2.12. The van der Waals surface area contributed by atoms with Crippen molar-refractivity contribution in [3.05, 3.63) is 23.8 Å². The summed E-state index contributed by atoms with van der Waals surface area (Å²) in [6.45, 7) is 0.211. The summed E-state index contributed by atoms with van der Waals surface area (Å²) in [4.78, 5) is 23.1. The maximum Gasteiger partial charge on any atom is 0.262 e. The number of hydrogen-bond acceptors (Lipinski definition) is 5. The van der Waals surface area contributed by atoms with Gasteiger partial charge in [0.05, 0.1) is 18.4 Å². The van der Waals surface area contributed by atoms with E-state index in [1.165, 1.54) is 13.2 Å². The van der Waals surface area contributed by atoms with Gasteiger partial charge in [-0.3, -0.25) is 9.59 Å². The van der Waals surface area contributed by atoms with Crippen LogP contribution < -0.4 is 15.4 Å². The smallest absolute Gasteiger partial charge is 0.262 e. The van der Waals surface area contributed by atoms with E-state index in [9.17, 15) is 14.7 Å². The van der Waals surface area contributed by atoms with E-state index in [2.05, 4.69) is 10.6 Å². The monoisotopic (exact) mass is 280 g/mol. The number of nitrogens with one attached hydrogen (secondary N) is 2. The maximum atomic E-state index is 11.9. The lowest BCUT2D eigenvalue weighted by atomic mass is 10.1. The van der Waals surface area contributed by atoms with Gasteiger partial charge in [0.25, 0.3) is 11.8 Å². The normalized spacial score (nSPS) is 14.8. The van der Waals surface area contributed by atoms with Gasteiger partial charge in [-0.15, -0.1) is 0 Å². The largest absolute Gasteiger partial charge is 0.482 e. The van der Waals surface area contributed by atoms with E-state index in [0.29, 0.717) is 17.0 Å². The van der Waals surface area contributed by atoms with Crippen LogP contribution in [0.3, 0.4) is 0 Å². The number of aliphatic hydroxyl groups is 1. The van der Waals surface area contributed by atoms with E-state index in [0.717, 1.165) is 0 Å². The fourth-order valence-corrected chi connectivity index (χ4v) is 1.79. The molecule has 7 nitrogen and oxygen atoms in total. The van der Waals surface area contributed by atoms with Crippen molar-refractivity contribution in [3.63, 3.8) is 0 Å². The molecule has 20 heavy (non-hydrogen) atoms. The Morgan fingerprint density at radius 3 is 3.15 bits per heavy atom. The van der Waals surface area contributed by atoms with Crippen LogP contribution in [0.25, 0.3) is 0 Å². The van der Waals surface area contributed by atoms with Crippen molar-refractivity contribution in [2.24, 2.45) is 0 Å². The Balaban J connectivity index is 2.00. The van der Waals surface area contributed by atoms with Crippen LogP contribution in [0.2, 0.25) is 0 Å². The molecule has 0 aromatic heterocycles. The van der Waals surface area contributed by atoms with Crippen molar-refractivity contribution >= 4 is 17.5 Å². The average Bonchev–Trinajstić information content (AvgIpc) is 2.44. The average molecular weight is 280 g/mol. The van der Waals surface area contributed by atoms with Gasteiger partial charge in [0.1, 0.15) is 5.75 Å². The van der Waals surface area contributed by atoms with E-state index in [1.54, 1.807) is 12.1 Å². The lowest BCUT2D eigenvalue weighted by Gasteiger charge is -2.18. The number of anilines is 1. The number of methoxy groups -OCH3 is 1. The van der Waals surface area contributed by atoms with Crippen molar-refractivity contribution in [3.8, 4) is 5.75 Å². The van der Waals surface area contributed by atoms with Crippen molar-refractivity contribution in [2.75, 3.05) is 32.2 Å². The van der Waals surface area contributed by atoms with Crippen LogP contribution in [0.4, 0.5) is 5.69 Å². The summed E-state index contributed by atoms with van der Waals surface area (Å²) in [5.41, 5.74) is 0.838. The molecule has 1 aromatic rings. The standard InChI is InChI=1S/C13H16N2O5/c1-19-6-9(16)5-14-13(18)8-2-3-11-10(4-8)15-12(17)7-20-11/h2-4,9,16H,5-7H2,1H3,(H,14,18)(H,15,17). The summed E-state index contributed by atoms with van der Waals surface area (Å²) in [5.74, 6) is -0.0751. The fourth-order valence-electron chi connectivity index (χ4n) is 1.79. The van der Waals surface area contributed by atoms with Gasteiger partial charge in [0.15, 0.2) is 6.61 Å². The molecule has 0 radical (unpaired) electrons. The molecule has 1 unspecified atom stereocenters. The Bertz CT molecular complexity index is 517. The summed E-state index contributed by atoms with van der Waals surface area (Å²) < 4.78 is 9.96. The molecule has 0 saturated carbocycles. The number of rotatable bonds is 5. The maximum absolute atomic E-state index is 11.9. The van der Waals surface area contributed by atoms with Crippen LogP contribution >= 0.6 is 0 Å². The van der Waals surface area contributed by atoms with E-state index >= 15 is 0 Å². The summed E-state index contributed by atoms with van der Waals surface area (Å²) in [5, 5.41) is 14.7. The molecule has 0 saturated heterocycles. The number of ether oxygens (including phenoxy) is 2. The SMILES string of the molecule is COCC(O)CNC(=O)c1ccc2c(c1)NC(=O)CO2. The number of benzene rings is 1. The highest BCUT2D eigenvalue weighted by molar-refractivity contribution is 5.99. The minimum atomic E-state index is -0.760. The van der Waals surface area contributed by atoms with Gasteiger partial charge < -0.3 is 25.2 Å². The fraction of sp³-hybridized carbons (Fsp3) is 0.385. The lowest BCUT2D eigenvalue weighted by molar-refractivity contribution is -0.118. The van der Waals surface area contributed by atoms with Gasteiger partial charge >= 0.3 is 0 Å². The molecule has 1 aliphatic heterocycles. The first kappa shape index (κ1) is 14.3. The molecule has 1 heterocycles. The summed E-state index contributed by atoms with van der Waals surface area (Å²) in [6, 6.07) is 4.74. The van der Waals surface area contributed by atoms with Crippen molar-refractivity contribution < 1.29 is 24.2 Å². The third kappa shape index (κ3) is 3.46. The molecule has 2 amide bonds. The highest BCUT2D eigenvalue weighted by atomic mass is 16.5. The van der Waals surface area contributed by atoms with Gasteiger partial charge in [-0.2, -0.15) is 0 Å². The van der Waals surface area contributed by atoms with Crippen molar-refractivity contribution in [1.82, 2.24) is 5.32 Å². The first-order valence-electron chi connectivity index (χ1n) is 6.12. The molecule has 0 aliphatic carbocycles. The van der Waals surface area contributed by atoms with Gasteiger partial charge in [-0.1, -0.05) is 0 Å². The summed E-state index contributed by atoms with van der Waals surface area (Å²) in [7, 11) is 1.47. The van der Waals surface area contributed by atoms with Gasteiger partial charge in [0, 0.05) is 19.2 Å². The zero-order chi connectivity index (χ0) is 14.5. The second-order valence-corrected chi connectivity index (χ2v) is 4.37. The molecule has 0 spiro atoms. The number of fused-ring (bicyclic) bond motifs is 1. The summed E-state index contributed by atoms with van der Waals surface area (Å²) in [6.07, 6.45) is -0.760. The van der Waals surface area contributed by atoms with E-state index < -0.39 is 6.10 Å². The Labute approximate surface area is 115 Å². The molecule has 3 N–H and O–H groups in total. The molecule has 1 atom stereocenters. The molecule has 0 bridgehead atoms. The third-order valence-corrected chi connectivity index (χ3v) is 2.73. The first-order chi connectivity index (χ1) is 9.60. The zero-order valence-corrected chi connectivity index (χ0v) is 11.0. The Kier molecular flexibility index (Phi) is 4.54. The van der Waals surface area contributed by atoms with E-state index in [-0.39, 0.29) is 31.6 Å².